The third kappa shape index (κ3) is 2.80. The Balaban J connectivity index is 1.84. The van der Waals surface area contributed by atoms with Crippen LogP contribution in [-0.2, 0) is 4.79 Å². The molecule has 0 fully saturated rings. The highest BCUT2D eigenvalue weighted by Gasteiger charge is 2.20. The van der Waals surface area contributed by atoms with Crippen molar-refractivity contribution in [2.75, 3.05) is 5.32 Å². The molecule has 114 valence electrons. The molecule has 1 aromatic heterocycles. The molecule has 0 atom stereocenters. The smallest absolute Gasteiger partial charge is 0.296 e. The van der Waals surface area contributed by atoms with Gasteiger partial charge in [0.1, 0.15) is 0 Å². The lowest BCUT2D eigenvalue weighted by Gasteiger charge is -2.03. The molecule has 0 saturated carbocycles. The highest BCUT2D eigenvalue weighted by Crippen LogP contribution is 2.20. The second-order valence-corrected chi connectivity index (χ2v) is 4.84. The van der Waals surface area contributed by atoms with Gasteiger partial charge in [-0.25, -0.2) is 0 Å². The third-order valence-electron chi connectivity index (χ3n) is 3.35. The summed E-state index contributed by atoms with van der Waals surface area (Å²) in [6, 6.07) is 12.5. The number of anilines is 1. The number of carbonyl (C=O) groups excluding carboxylic acids is 2. The number of amides is 1. The van der Waals surface area contributed by atoms with Crippen molar-refractivity contribution in [2.24, 2.45) is 0 Å². The fraction of sp³-hybridized carbons (Fsp3) is 0. The van der Waals surface area contributed by atoms with Gasteiger partial charge in [-0.1, -0.05) is 24.3 Å². The number of hydrogen-bond acceptors (Lipinski definition) is 4. The Hall–Kier alpha value is -3.48. The van der Waals surface area contributed by atoms with Crippen molar-refractivity contribution in [3.8, 4) is 0 Å². The first-order valence-corrected chi connectivity index (χ1v) is 6.72. The van der Waals surface area contributed by atoms with E-state index in [0.717, 1.165) is 5.52 Å². The summed E-state index contributed by atoms with van der Waals surface area (Å²) in [5, 5.41) is 13.8. The number of ketones is 1. The van der Waals surface area contributed by atoms with Crippen LogP contribution >= 0.6 is 0 Å². The van der Waals surface area contributed by atoms with E-state index in [-0.39, 0.29) is 16.9 Å². The predicted octanol–water partition coefficient (Wildman–Crippen LogP) is 2.90. The van der Waals surface area contributed by atoms with Crippen LogP contribution in [0.5, 0.6) is 0 Å². The summed E-state index contributed by atoms with van der Waals surface area (Å²) in [6.45, 7) is 0. The van der Waals surface area contributed by atoms with Crippen LogP contribution in [0.25, 0.3) is 10.9 Å². The minimum atomic E-state index is -0.852. The van der Waals surface area contributed by atoms with Crippen LogP contribution in [0, 0.1) is 10.1 Å². The number of aromatic amines is 1. The molecule has 0 aliphatic carbocycles. The Morgan fingerprint density at radius 3 is 2.65 bits per heavy atom. The molecular weight excluding hydrogens is 298 g/mol. The van der Waals surface area contributed by atoms with Gasteiger partial charge in [0.05, 0.1) is 10.5 Å². The van der Waals surface area contributed by atoms with Crippen molar-refractivity contribution in [1.82, 2.24) is 4.98 Å². The molecule has 23 heavy (non-hydrogen) atoms. The fourth-order valence-electron chi connectivity index (χ4n) is 2.27. The van der Waals surface area contributed by atoms with Crippen LogP contribution < -0.4 is 5.32 Å². The van der Waals surface area contributed by atoms with Gasteiger partial charge in [0.2, 0.25) is 0 Å². The first-order valence-electron chi connectivity index (χ1n) is 6.72. The maximum Gasteiger partial charge on any atom is 0.296 e. The van der Waals surface area contributed by atoms with Gasteiger partial charge < -0.3 is 10.3 Å². The van der Waals surface area contributed by atoms with Crippen molar-refractivity contribution in [1.29, 1.82) is 0 Å². The number of carbonyl (C=O) groups is 2. The standard InChI is InChI=1S/C16H11N3O4/c20-15(13-9-17-14-7-2-1-6-12(13)14)16(21)18-10-4-3-5-11(8-10)19(22)23/h1-9,17H,(H,18,21). The van der Waals surface area contributed by atoms with Gasteiger partial charge in [-0.3, -0.25) is 19.7 Å². The largest absolute Gasteiger partial charge is 0.360 e. The molecule has 1 amide bonds. The highest BCUT2D eigenvalue weighted by atomic mass is 16.6. The summed E-state index contributed by atoms with van der Waals surface area (Å²) < 4.78 is 0. The fourth-order valence-corrected chi connectivity index (χ4v) is 2.27. The molecule has 3 aromatic rings. The molecule has 0 bridgehead atoms. The Morgan fingerprint density at radius 2 is 1.87 bits per heavy atom. The summed E-state index contributed by atoms with van der Waals surface area (Å²) in [5.74, 6) is -1.57. The van der Waals surface area contributed by atoms with Crippen molar-refractivity contribution < 1.29 is 14.5 Å². The van der Waals surface area contributed by atoms with Crippen LogP contribution in [0.2, 0.25) is 0 Å². The molecule has 0 aliphatic heterocycles. The number of nitrogens with one attached hydrogen (secondary N) is 2. The lowest BCUT2D eigenvalue weighted by Crippen LogP contribution is -2.22. The number of H-pyrrole nitrogens is 1. The van der Waals surface area contributed by atoms with Gasteiger partial charge in [0.15, 0.2) is 0 Å². The van der Waals surface area contributed by atoms with Gasteiger partial charge in [0, 0.05) is 34.9 Å². The highest BCUT2D eigenvalue weighted by molar-refractivity contribution is 6.48. The monoisotopic (exact) mass is 309 g/mol. The van der Waals surface area contributed by atoms with Crippen LogP contribution in [-0.4, -0.2) is 21.6 Å². The van der Waals surface area contributed by atoms with Gasteiger partial charge in [0.25, 0.3) is 17.4 Å². The zero-order chi connectivity index (χ0) is 16.4. The summed E-state index contributed by atoms with van der Waals surface area (Å²) in [4.78, 5) is 37.4. The van der Waals surface area contributed by atoms with E-state index in [4.69, 9.17) is 0 Å². The Morgan fingerprint density at radius 1 is 1.09 bits per heavy atom. The number of Topliss-reactive ketones (excluding diaryl/α,β-unsaturated/α-hetero) is 1. The van der Waals surface area contributed by atoms with Crippen LogP contribution in [0.4, 0.5) is 11.4 Å². The number of para-hydroxylation sites is 1. The summed E-state index contributed by atoms with van der Waals surface area (Å²) in [6.07, 6.45) is 1.47. The van der Waals surface area contributed by atoms with Crippen molar-refractivity contribution in [2.45, 2.75) is 0 Å². The molecule has 0 aliphatic rings. The Labute approximate surface area is 130 Å². The van der Waals surface area contributed by atoms with E-state index in [1.807, 2.05) is 6.07 Å². The molecule has 0 spiro atoms. The molecule has 3 rings (SSSR count). The molecule has 0 saturated heterocycles. The second-order valence-electron chi connectivity index (χ2n) is 4.84. The van der Waals surface area contributed by atoms with Gasteiger partial charge in [-0.15, -0.1) is 0 Å². The van der Waals surface area contributed by atoms with Crippen LogP contribution in [0.15, 0.2) is 54.7 Å². The van der Waals surface area contributed by atoms with Crippen molar-refractivity contribution >= 4 is 34.0 Å². The van der Waals surface area contributed by atoms with E-state index in [2.05, 4.69) is 10.3 Å². The van der Waals surface area contributed by atoms with Gasteiger partial charge in [-0.2, -0.15) is 0 Å². The maximum absolute atomic E-state index is 12.3. The normalized spacial score (nSPS) is 10.4. The number of fused-ring (bicyclic) bond motifs is 1. The summed E-state index contributed by atoms with van der Waals surface area (Å²) in [5.41, 5.74) is 1.03. The first kappa shape index (κ1) is 14.5. The Kier molecular flexibility index (Phi) is 3.60. The molecule has 7 nitrogen and oxygen atoms in total. The van der Waals surface area contributed by atoms with E-state index in [0.29, 0.717) is 5.39 Å². The number of rotatable bonds is 4. The number of nitrogens with zero attached hydrogens (tertiary/aromatic N) is 1. The lowest BCUT2D eigenvalue weighted by molar-refractivity contribution is -0.384. The number of nitro groups is 1. The van der Waals surface area contributed by atoms with E-state index < -0.39 is 16.6 Å². The van der Waals surface area contributed by atoms with Crippen molar-refractivity contribution in [3.05, 3.63) is 70.4 Å². The molecular formula is C16H11N3O4. The molecule has 0 unspecified atom stereocenters. The molecule has 0 radical (unpaired) electrons. The van der Waals surface area contributed by atoms with Gasteiger partial charge >= 0.3 is 0 Å². The maximum atomic E-state index is 12.3. The first-order chi connectivity index (χ1) is 11.1. The number of aromatic nitrogens is 1. The van der Waals surface area contributed by atoms with E-state index in [9.17, 15) is 19.7 Å². The van der Waals surface area contributed by atoms with E-state index >= 15 is 0 Å². The quantitative estimate of drug-likeness (QED) is 0.334. The molecule has 2 N–H and O–H groups in total. The lowest BCUT2D eigenvalue weighted by atomic mass is 10.1. The number of benzene rings is 2. The summed E-state index contributed by atoms with van der Waals surface area (Å²) in [7, 11) is 0. The van der Waals surface area contributed by atoms with Crippen LogP contribution in [0.1, 0.15) is 10.4 Å². The number of non-ortho nitro benzene ring substituents is 1. The molecule has 2 aromatic carbocycles. The molecule has 1 heterocycles. The average molecular weight is 309 g/mol. The topological polar surface area (TPSA) is 105 Å². The second kappa shape index (κ2) is 5.72. The average Bonchev–Trinajstić information content (AvgIpc) is 2.98. The minimum Gasteiger partial charge on any atom is -0.360 e. The number of nitro benzene ring substituents is 1. The summed E-state index contributed by atoms with van der Waals surface area (Å²) >= 11 is 0. The van der Waals surface area contributed by atoms with Crippen molar-refractivity contribution in [3.63, 3.8) is 0 Å². The third-order valence-corrected chi connectivity index (χ3v) is 3.35. The predicted molar refractivity (Wildman–Crippen MR) is 84.4 cm³/mol. The zero-order valence-corrected chi connectivity index (χ0v) is 11.8. The van der Waals surface area contributed by atoms with E-state index in [1.54, 1.807) is 18.2 Å². The van der Waals surface area contributed by atoms with Crippen LogP contribution in [0.3, 0.4) is 0 Å². The SMILES string of the molecule is O=C(Nc1cccc([N+](=O)[O-])c1)C(=O)c1c[nH]c2ccccc12. The van der Waals surface area contributed by atoms with Gasteiger partial charge in [-0.05, 0) is 12.1 Å². The van der Waals surface area contributed by atoms with E-state index in [1.165, 1.54) is 30.5 Å². The minimum absolute atomic E-state index is 0.164. The number of hydrogen-bond donors (Lipinski definition) is 2. The molecule has 7 heteroatoms. The zero-order valence-electron chi connectivity index (χ0n) is 11.8. The Bertz CT molecular complexity index is 930.